The lowest BCUT2D eigenvalue weighted by molar-refractivity contribution is -0.115. The normalized spacial score (nSPS) is 20.1. The van der Waals surface area contributed by atoms with Crippen LogP contribution in [0, 0.1) is 5.92 Å². The lowest BCUT2D eigenvalue weighted by Gasteiger charge is -2.31. The number of fused-ring (bicyclic) bond motifs is 1. The first-order valence-corrected chi connectivity index (χ1v) is 9.62. The van der Waals surface area contributed by atoms with Gasteiger partial charge in [0.05, 0.1) is 11.4 Å². The maximum Gasteiger partial charge on any atom is 0.258 e. The van der Waals surface area contributed by atoms with Gasteiger partial charge in [-0.05, 0) is 55.1 Å². The van der Waals surface area contributed by atoms with Crippen LogP contribution in [-0.2, 0) is 11.3 Å². The SMILES string of the molecule is C[C@H]1CCCN(Cc2ccc(C(=O)N3CC(=O)Nc4ccccc43)cc2)C1. The molecule has 1 saturated heterocycles. The summed E-state index contributed by atoms with van der Waals surface area (Å²) >= 11 is 0. The maximum absolute atomic E-state index is 13.0. The predicted molar refractivity (Wildman–Crippen MR) is 107 cm³/mol. The van der Waals surface area contributed by atoms with E-state index in [0.717, 1.165) is 31.2 Å². The number of hydrogen-bond donors (Lipinski definition) is 1. The number of nitrogens with zero attached hydrogens (tertiary/aromatic N) is 2. The van der Waals surface area contributed by atoms with Gasteiger partial charge in [-0.1, -0.05) is 31.2 Å². The number of carbonyl (C=O) groups is 2. The van der Waals surface area contributed by atoms with Crippen molar-refractivity contribution in [3.05, 3.63) is 59.7 Å². The molecule has 0 saturated carbocycles. The van der Waals surface area contributed by atoms with Gasteiger partial charge >= 0.3 is 0 Å². The van der Waals surface area contributed by atoms with Crippen LogP contribution >= 0.6 is 0 Å². The van der Waals surface area contributed by atoms with Crippen LogP contribution in [0.4, 0.5) is 11.4 Å². The van der Waals surface area contributed by atoms with Gasteiger partial charge in [-0.15, -0.1) is 0 Å². The standard InChI is InChI=1S/C22H25N3O2/c1-16-5-4-12-24(13-16)14-17-8-10-18(11-9-17)22(27)25-15-21(26)23-19-6-2-3-7-20(19)25/h2-3,6-11,16H,4-5,12-15H2,1H3,(H,23,26)/t16-/m0/s1. The predicted octanol–water partition coefficient (Wildman–Crippen LogP) is 3.52. The molecule has 2 aromatic carbocycles. The van der Waals surface area contributed by atoms with Crippen molar-refractivity contribution in [2.75, 3.05) is 29.9 Å². The number of hydrogen-bond acceptors (Lipinski definition) is 3. The van der Waals surface area contributed by atoms with E-state index in [4.69, 9.17) is 0 Å². The van der Waals surface area contributed by atoms with Gasteiger partial charge in [0.1, 0.15) is 6.54 Å². The van der Waals surface area contributed by atoms with Crippen molar-refractivity contribution in [1.29, 1.82) is 0 Å². The molecule has 2 amide bonds. The minimum Gasteiger partial charge on any atom is -0.323 e. The average Bonchev–Trinajstić information content (AvgIpc) is 2.67. The molecule has 1 atom stereocenters. The van der Waals surface area contributed by atoms with Crippen molar-refractivity contribution >= 4 is 23.2 Å². The Morgan fingerprint density at radius 3 is 2.70 bits per heavy atom. The van der Waals surface area contributed by atoms with Crippen LogP contribution in [0.15, 0.2) is 48.5 Å². The van der Waals surface area contributed by atoms with Crippen LogP contribution in [0.2, 0.25) is 0 Å². The van der Waals surface area contributed by atoms with Crippen LogP contribution in [0.1, 0.15) is 35.7 Å². The summed E-state index contributed by atoms with van der Waals surface area (Å²) in [5.41, 5.74) is 3.25. The molecule has 0 spiro atoms. The third-order valence-corrected chi connectivity index (χ3v) is 5.36. The van der Waals surface area contributed by atoms with Crippen LogP contribution in [0.5, 0.6) is 0 Å². The molecule has 2 aromatic rings. The Bertz CT molecular complexity index is 847. The minimum atomic E-state index is -0.169. The van der Waals surface area contributed by atoms with Crippen LogP contribution in [-0.4, -0.2) is 36.3 Å². The zero-order valence-corrected chi connectivity index (χ0v) is 15.6. The van der Waals surface area contributed by atoms with E-state index in [2.05, 4.69) is 17.1 Å². The zero-order chi connectivity index (χ0) is 18.8. The summed E-state index contributed by atoms with van der Waals surface area (Å²) in [6, 6.07) is 15.2. The van der Waals surface area contributed by atoms with E-state index in [1.165, 1.54) is 18.4 Å². The topological polar surface area (TPSA) is 52.7 Å². The molecule has 0 aromatic heterocycles. The Morgan fingerprint density at radius 1 is 1.15 bits per heavy atom. The van der Waals surface area contributed by atoms with Crippen molar-refractivity contribution in [3.8, 4) is 0 Å². The Hall–Kier alpha value is -2.66. The van der Waals surface area contributed by atoms with E-state index in [1.807, 2.05) is 48.5 Å². The fourth-order valence-corrected chi connectivity index (χ4v) is 4.01. The third-order valence-electron chi connectivity index (χ3n) is 5.36. The van der Waals surface area contributed by atoms with Gasteiger partial charge in [-0.3, -0.25) is 19.4 Å². The first-order chi connectivity index (χ1) is 13.1. The van der Waals surface area contributed by atoms with Gasteiger partial charge in [0.2, 0.25) is 5.91 Å². The van der Waals surface area contributed by atoms with Gasteiger partial charge in [0, 0.05) is 18.7 Å². The van der Waals surface area contributed by atoms with Crippen LogP contribution in [0.3, 0.4) is 0 Å². The molecule has 5 nitrogen and oxygen atoms in total. The first-order valence-electron chi connectivity index (χ1n) is 9.62. The number of carbonyl (C=O) groups excluding carboxylic acids is 2. The van der Waals surface area contributed by atoms with E-state index in [0.29, 0.717) is 11.3 Å². The van der Waals surface area contributed by atoms with Crippen molar-refractivity contribution in [2.24, 2.45) is 5.92 Å². The number of rotatable bonds is 3. The molecule has 2 heterocycles. The van der Waals surface area contributed by atoms with E-state index < -0.39 is 0 Å². The van der Waals surface area contributed by atoms with E-state index in [9.17, 15) is 9.59 Å². The second-order valence-electron chi connectivity index (χ2n) is 7.64. The summed E-state index contributed by atoms with van der Waals surface area (Å²) in [6.45, 7) is 5.56. The smallest absolute Gasteiger partial charge is 0.258 e. The van der Waals surface area contributed by atoms with E-state index >= 15 is 0 Å². The molecule has 0 aliphatic carbocycles. The van der Waals surface area contributed by atoms with Crippen molar-refractivity contribution in [3.63, 3.8) is 0 Å². The van der Waals surface area contributed by atoms with Crippen molar-refractivity contribution in [1.82, 2.24) is 4.90 Å². The summed E-state index contributed by atoms with van der Waals surface area (Å²) in [5, 5.41) is 2.82. The summed E-state index contributed by atoms with van der Waals surface area (Å²) in [4.78, 5) is 29.0. The summed E-state index contributed by atoms with van der Waals surface area (Å²) in [7, 11) is 0. The monoisotopic (exact) mass is 363 g/mol. The summed E-state index contributed by atoms with van der Waals surface area (Å²) < 4.78 is 0. The Balaban J connectivity index is 1.49. The van der Waals surface area contributed by atoms with Gasteiger partial charge in [-0.2, -0.15) is 0 Å². The van der Waals surface area contributed by atoms with Crippen LogP contribution in [0.25, 0.3) is 0 Å². The fraction of sp³-hybridized carbons (Fsp3) is 0.364. The zero-order valence-electron chi connectivity index (χ0n) is 15.6. The molecule has 5 heteroatoms. The van der Waals surface area contributed by atoms with Gasteiger partial charge in [-0.25, -0.2) is 0 Å². The molecule has 1 N–H and O–H groups in total. The molecular formula is C22H25N3O2. The lowest BCUT2D eigenvalue weighted by atomic mass is 9.99. The number of benzene rings is 2. The number of para-hydroxylation sites is 2. The second-order valence-corrected chi connectivity index (χ2v) is 7.64. The molecule has 0 bridgehead atoms. The molecule has 4 rings (SSSR count). The Kier molecular flexibility index (Phi) is 4.94. The third kappa shape index (κ3) is 3.88. The number of likely N-dealkylation sites (tertiary alicyclic amines) is 1. The largest absolute Gasteiger partial charge is 0.323 e. The van der Waals surface area contributed by atoms with Crippen molar-refractivity contribution in [2.45, 2.75) is 26.3 Å². The first kappa shape index (κ1) is 17.7. The van der Waals surface area contributed by atoms with Crippen LogP contribution < -0.4 is 10.2 Å². The lowest BCUT2D eigenvalue weighted by Crippen LogP contribution is -2.42. The van der Waals surface area contributed by atoms with Crippen molar-refractivity contribution < 1.29 is 9.59 Å². The molecule has 27 heavy (non-hydrogen) atoms. The van der Waals surface area contributed by atoms with Gasteiger partial charge < -0.3 is 5.32 Å². The Labute approximate surface area is 160 Å². The highest BCUT2D eigenvalue weighted by Gasteiger charge is 2.27. The van der Waals surface area contributed by atoms with E-state index in [1.54, 1.807) is 4.90 Å². The molecule has 140 valence electrons. The summed E-state index contributed by atoms with van der Waals surface area (Å²) in [6.07, 6.45) is 2.57. The molecule has 1 fully saturated rings. The highest BCUT2D eigenvalue weighted by molar-refractivity contribution is 6.15. The number of anilines is 2. The fourth-order valence-electron chi connectivity index (χ4n) is 4.01. The number of amides is 2. The molecular weight excluding hydrogens is 338 g/mol. The minimum absolute atomic E-state index is 0.0449. The highest BCUT2D eigenvalue weighted by atomic mass is 16.2. The second kappa shape index (κ2) is 7.53. The average molecular weight is 363 g/mol. The number of piperidine rings is 1. The highest BCUT2D eigenvalue weighted by Crippen LogP contribution is 2.30. The molecule has 0 unspecified atom stereocenters. The molecule has 2 aliphatic heterocycles. The molecule has 0 radical (unpaired) electrons. The van der Waals surface area contributed by atoms with Gasteiger partial charge in [0.25, 0.3) is 5.91 Å². The quantitative estimate of drug-likeness (QED) is 0.908. The Morgan fingerprint density at radius 2 is 1.93 bits per heavy atom. The summed E-state index contributed by atoms with van der Waals surface area (Å²) in [5.74, 6) is 0.443. The van der Waals surface area contributed by atoms with E-state index in [-0.39, 0.29) is 18.4 Å². The van der Waals surface area contributed by atoms with Gasteiger partial charge in [0.15, 0.2) is 0 Å². The maximum atomic E-state index is 13.0. The number of nitrogens with one attached hydrogen (secondary N) is 1. The molecule has 2 aliphatic rings.